The van der Waals surface area contributed by atoms with E-state index in [2.05, 4.69) is 10.0 Å². The maximum atomic E-state index is 12.9. The second-order valence-corrected chi connectivity index (χ2v) is 6.56. The molecule has 0 spiro atoms. The zero-order chi connectivity index (χ0) is 17.6. The summed E-state index contributed by atoms with van der Waals surface area (Å²) in [6.45, 7) is 3.17. The molecule has 23 heavy (non-hydrogen) atoms. The lowest BCUT2D eigenvalue weighted by atomic mass is 10.2. The average molecular weight is 346 g/mol. The number of halogens is 1. The highest BCUT2D eigenvalue weighted by molar-refractivity contribution is 7.89. The fraction of sp³-hybridized carbons (Fsp3) is 0.429. The largest absolute Gasteiger partial charge is 0.480 e. The van der Waals surface area contributed by atoms with Gasteiger partial charge in [0, 0.05) is 0 Å². The number of carboxylic acid groups (broad SMARTS) is 1. The molecule has 0 fully saturated rings. The number of aliphatic carboxylic acids is 1. The van der Waals surface area contributed by atoms with Gasteiger partial charge in [-0.2, -0.15) is 4.72 Å². The van der Waals surface area contributed by atoms with Crippen molar-refractivity contribution in [2.75, 3.05) is 0 Å². The maximum Gasteiger partial charge on any atom is 0.326 e. The first-order valence-electron chi connectivity index (χ1n) is 7.02. The zero-order valence-electron chi connectivity index (χ0n) is 12.7. The maximum absolute atomic E-state index is 12.9. The van der Waals surface area contributed by atoms with Crippen LogP contribution >= 0.6 is 0 Å². The molecule has 9 heteroatoms. The fourth-order valence-corrected chi connectivity index (χ4v) is 3.08. The number of hydrogen-bond donors (Lipinski definition) is 3. The molecule has 0 bridgehead atoms. The van der Waals surface area contributed by atoms with Crippen molar-refractivity contribution in [1.82, 2.24) is 10.0 Å². The molecule has 0 aliphatic heterocycles. The molecule has 0 saturated carbocycles. The van der Waals surface area contributed by atoms with Gasteiger partial charge in [-0.15, -0.1) is 0 Å². The van der Waals surface area contributed by atoms with Gasteiger partial charge >= 0.3 is 5.97 Å². The van der Waals surface area contributed by atoms with E-state index in [4.69, 9.17) is 5.11 Å². The molecule has 0 saturated heterocycles. The van der Waals surface area contributed by atoms with Crippen molar-refractivity contribution in [2.24, 2.45) is 0 Å². The monoisotopic (exact) mass is 346 g/mol. The number of amides is 1. The van der Waals surface area contributed by atoms with E-state index in [1.807, 2.05) is 0 Å². The average Bonchev–Trinajstić information content (AvgIpc) is 2.50. The van der Waals surface area contributed by atoms with Crippen LogP contribution in [0.5, 0.6) is 0 Å². The number of carboxylic acids is 1. The minimum atomic E-state index is -4.02. The Morgan fingerprint density at radius 1 is 1.13 bits per heavy atom. The number of carbonyl (C=O) groups excluding carboxylic acids is 1. The molecule has 3 N–H and O–H groups in total. The second-order valence-electron chi connectivity index (χ2n) is 4.84. The molecule has 2 atom stereocenters. The number of hydrogen-bond acceptors (Lipinski definition) is 4. The van der Waals surface area contributed by atoms with Gasteiger partial charge in [0.15, 0.2) is 0 Å². The second kappa shape index (κ2) is 8.02. The third kappa shape index (κ3) is 5.29. The molecular weight excluding hydrogens is 327 g/mol. The first kappa shape index (κ1) is 19.0. The summed E-state index contributed by atoms with van der Waals surface area (Å²) in [7, 11) is -4.02. The third-order valence-corrected chi connectivity index (χ3v) is 4.66. The van der Waals surface area contributed by atoms with Crippen molar-refractivity contribution in [2.45, 2.75) is 43.7 Å². The lowest BCUT2D eigenvalue weighted by molar-refractivity contribution is -0.142. The van der Waals surface area contributed by atoms with Gasteiger partial charge in [-0.1, -0.05) is 13.8 Å². The molecule has 0 aromatic heterocycles. The Labute approximate surface area is 133 Å². The van der Waals surface area contributed by atoms with Gasteiger partial charge in [0.05, 0.1) is 4.90 Å². The molecule has 0 heterocycles. The van der Waals surface area contributed by atoms with Gasteiger partial charge in [0.2, 0.25) is 15.9 Å². The van der Waals surface area contributed by atoms with Crippen LogP contribution in [0.4, 0.5) is 4.39 Å². The van der Waals surface area contributed by atoms with E-state index in [-0.39, 0.29) is 17.7 Å². The smallest absolute Gasteiger partial charge is 0.326 e. The lowest BCUT2D eigenvalue weighted by Gasteiger charge is -2.19. The topological polar surface area (TPSA) is 113 Å². The predicted octanol–water partition coefficient (Wildman–Crippen LogP) is 0.862. The summed E-state index contributed by atoms with van der Waals surface area (Å²) in [6, 6.07) is 1.92. The van der Waals surface area contributed by atoms with Crippen LogP contribution in [0.1, 0.15) is 26.7 Å². The van der Waals surface area contributed by atoms with Crippen LogP contribution in [0.3, 0.4) is 0 Å². The standard InChI is InChI=1S/C14H19FN2O5S/c1-3-11(13(18)16-12(4-2)14(19)20)17-23(21,22)10-7-5-9(15)6-8-10/h5-8,11-12,17H,3-4H2,1-2H3,(H,16,18)(H,19,20). The van der Waals surface area contributed by atoms with E-state index in [0.717, 1.165) is 24.3 Å². The summed E-state index contributed by atoms with van der Waals surface area (Å²) >= 11 is 0. The van der Waals surface area contributed by atoms with Gasteiger partial charge in [0.1, 0.15) is 17.9 Å². The van der Waals surface area contributed by atoms with E-state index < -0.39 is 39.8 Å². The lowest BCUT2D eigenvalue weighted by Crippen LogP contribution is -2.51. The van der Waals surface area contributed by atoms with Crippen LogP contribution in [-0.2, 0) is 19.6 Å². The van der Waals surface area contributed by atoms with Crippen LogP contribution in [0.25, 0.3) is 0 Å². The molecule has 0 aliphatic carbocycles. The van der Waals surface area contributed by atoms with Crippen molar-refractivity contribution in [3.05, 3.63) is 30.1 Å². The molecular formula is C14H19FN2O5S. The summed E-state index contributed by atoms with van der Waals surface area (Å²) in [4.78, 5) is 22.8. The predicted molar refractivity (Wildman–Crippen MR) is 80.7 cm³/mol. The Hall–Kier alpha value is -2.00. The van der Waals surface area contributed by atoms with E-state index in [0.29, 0.717) is 0 Å². The minimum Gasteiger partial charge on any atom is -0.480 e. The highest BCUT2D eigenvalue weighted by Gasteiger charge is 2.27. The van der Waals surface area contributed by atoms with Crippen molar-refractivity contribution < 1.29 is 27.5 Å². The number of sulfonamides is 1. The fourth-order valence-electron chi connectivity index (χ4n) is 1.80. The summed E-state index contributed by atoms with van der Waals surface area (Å²) < 4.78 is 39.4. The molecule has 1 rings (SSSR count). The summed E-state index contributed by atoms with van der Waals surface area (Å²) in [5, 5.41) is 11.2. The third-order valence-electron chi connectivity index (χ3n) is 3.17. The van der Waals surface area contributed by atoms with Gasteiger partial charge in [-0.25, -0.2) is 17.6 Å². The number of carbonyl (C=O) groups is 2. The molecule has 1 aromatic carbocycles. The van der Waals surface area contributed by atoms with Crippen LogP contribution < -0.4 is 10.0 Å². The highest BCUT2D eigenvalue weighted by atomic mass is 32.2. The van der Waals surface area contributed by atoms with E-state index in [1.54, 1.807) is 13.8 Å². The zero-order valence-corrected chi connectivity index (χ0v) is 13.6. The Kier molecular flexibility index (Phi) is 6.64. The van der Waals surface area contributed by atoms with Crippen molar-refractivity contribution in [1.29, 1.82) is 0 Å². The van der Waals surface area contributed by atoms with Gasteiger partial charge < -0.3 is 10.4 Å². The number of nitrogens with one attached hydrogen (secondary N) is 2. The van der Waals surface area contributed by atoms with Crippen LogP contribution in [0.15, 0.2) is 29.2 Å². The summed E-state index contributed by atoms with van der Waals surface area (Å²) in [6.07, 6.45) is 0.296. The molecule has 2 unspecified atom stereocenters. The normalized spacial score (nSPS) is 14.0. The summed E-state index contributed by atoms with van der Waals surface area (Å²) in [5.41, 5.74) is 0. The minimum absolute atomic E-state index is 0.127. The molecule has 7 nitrogen and oxygen atoms in total. The van der Waals surface area contributed by atoms with Gasteiger partial charge in [-0.3, -0.25) is 4.79 Å². The molecule has 0 aliphatic rings. The highest BCUT2D eigenvalue weighted by Crippen LogP contribution is 2.11. The van der Waals surface area contributed by atoms with Gasteiger partial charge in [-0.05, 0) is 37.1 Å². The van der Waals surface area contributed by atoms with Crippen LogP contribution in [0, 0.1) is 5.82 Å². The Bertz CT molecular complexity index is 660. The number of rotatable bonds is 8. The van der Waals surface area contributed by atoms with Gasteiger partial charge in [0.25, 0.3) is 0 Å². The molecule has 1 aromatic rings. The Morgan fingerprint density at radius 3 is 2.09 bits per heavy atom. The first-order chi connectivity index (χ1) is 10.7. The first-order valence-corrected chi connectivity index (χ1v) is 8.50. The van der Waals surface area contributed by atoms with E-state index >= 15 is 0 Å². The Balaban J connectivity index is 2.88. The van der Waals surface area contributed by atoms with Crippen molar-refractivity contribution >= 4 is 21.9 Å². The number of benzene rings is 1. The van der Waals surface area contributed by atoms with Crippen molar-refractivity contribution in [3.8, 4) is 0 Å². The quantitative estimate of drug-likeness (QED) is 0.646. The molecule has 0 radical (unpaired) electrons. The summed E-state index contributed by atoms with van der Waals surface area (Å²) in [5.74, 6) is -2.51. The van der Waals surface area contributed by atoms with E-state index in [1.165, 1.54) is 0 Å². The molecule has 1 amide bonds. The van der Waals surface area contributed by atoms with Crippen LogP contribution in [0.2, 0.25) is 0 Å². The van der Waals surface area contributed by atoms with E-state index in [9.17, 15) is 22.4 Å². The SMILES string of the molecule is CCC(NC(=O)C(CC)NS(=O)(=O)c1ccc(F)cc1)C(=O)O. The van der Waals surface area contributed by atoms with Crippen molar-refractivity contribution in [3.63, 3.8) is 0 Å². The van der Waals surface area contributed by atoms with Crippen LogP contribution in [-0.4, -0.2) is 37.5 Å². The molecule has 128 valence electrons. The Morgan fingerprint density at radius 2 is 1.65 bits per heavy atom.